The van der Waals surface area contributed by atoms with E-state index in [4.69, 9.17) is 4.74 Å². The molecule has 0 unspecified atom stereocenters. The summed E-state index contributed by atoms with van der Waals surface area (Å²) in [7, 11) is 4.23. The van der Waals surface area contributed by atoms with Gasteiger partial charge in [0.15, 0.2) is 6.61 Å². The van der Waals surface area contributed by atoms with Crippen molar-refractivity contribution in [3.8, 4) is 5.75 Å². The molecule has 3 rings (SSSR count). The van der Waals surface area contributed by atoms with Crippen LogP contribution in [0.15, 0.2) is 72.8 Å². The van der Waals surface area contributed by atoms with Crippen molar-refractivity contribution < 1.29 is 14.4 Å². The third-order valence-electron chi connectivity index (χ3n) is 4.78. The molecule has 0 aliphatic rings. The van der Waals surface area contributed by atoms with Crippen molar-refractivity contribution in [1.29, 1.82) is 0 Å². The quantitative estimate of drug-likeness (QED) is 0.644. The second kappa shape index (κ2) is 9.19. The van der Waals surface area contributed by atoms with Crippen molar-refractivity contribution in [1.82, 2.24) is 5.32 Å². The molecule has 0 bridgehead atoms. The van der Waals surface area contributed by atoms with Gasteiger partial charge in [-0.3, -0.25) is 4.79 Å². The van der Waals surface area contributed by atoms with E-state index in [9.17, 15) is 4.79 Å². The molecule has 0 heterocycles. The van der Waals surface area contributed by atoms with E-state index in [0.29, 0.717) is 18.3 Å². The van der Waals surface area contributed by atoms with Gasteiger partial charge in [0.25, 0.3) is 5.91 Å². The Labute approximate surface area is 160 Å². The van der Waals surface area contributed by atoms with Gasteiger partial charge in [-0.15, -0.1) is 0 Å². The molecule has 140 valence electrons. The van der Waals surface area contributed by atoms with Crippen molar-refractivity contribution in [2.45, 2.75) is 12.5 Å². The highest BCUT2D eigenvalue weighted by atomic mass is 16.5. The summed E-state index contributed by atoms with van der Waals surface area (Å²) in [6.07, 6.45) is 0.926. The Bertz CT molecular complexity index is 878. The van der Waals surface area contributed by atoms with E-state index in [0.717, 1.165) is 17.2 Å². The molecule has 0 aliphatic carbocycles. The molecule has 27 heavy (non-hydrogen) atoms. The van der Waals surface area contributed by atoms with Crippen LogP contribution in [-0.4, -0.2) is 39.2 Å². The molecular formula is C23H27N2O2+. The first-order valence-electron chi connectivity index (χ1n) is 9.34. The molecule has 0 fully saturated rings. The zero-order chi connectivity index (χ0) is 19.1. The lowest BCUT2D eigenvalue weighted by Gasteiger charge is -2.22. The fourth-order valence-electron chi connectivity index (χ4n) is 3.07. The van der Waals surface area contributed by atoms with E-state index in [2.05, 4.69) is 37.6 Å². The number of rotatable bonds is 8. The molecule has 0 aromatic heterocycles. The van der Waals surface area contributed by atoms with Gasteiger partial charge in [0.2, 0.25) is 0 Å². The van der Waals surface area contributed by atoms with E-state index in [1.54, 1.807) is 0 Å². The lowest BCUT2D eigenvalue weighted by Crippen LogP contribution is -3.11. The summed E-state index contributed by atoms with van der Waals surface area (Å²) in [4.78, 5) is 13.5. The predicted octanol–water partition coefficient (Wildman–Crippen LogP) is 2.09. The van der Waals surface area contributed by atoms with E-state index < -0.39 is 0 Å². The van der Waals surface area contributed by atoms with Crippen LogP contribution in [0.4, 0.5) is 0 Å². The Morgan fingerprint density at radius 1 is 0.963 bits per heavy atom. The number of benzene rings is 3. The summed E-state index contributed by atoms with van der Waals surface area (Å²) in [5.41, 5.74) is 1.28. The minimum Gasteiger partial charge on any atom is -0.484 e. The minimum absolute atomic E-state index is 0.0269. The molecule has 0 aliphatic heterocycles. The normalized spacial score (nSPS) is 12.1. The fourth-order valence-corrected chi connectivity index (χ4v) is 3.07. The Balaban J connectivity index is 1.50. The Hall–Kier alpha value is -2.85. The van der Waals surface area contributed by atoms with Crippen LogP contribution >= 0.6 is 0 Å². The lowest BCUT2D eigenvalue weighted by atomic mass is 10.1. The van der Waals surface area contributed by atoms with Crippen LogP contribution in [0, 0.1) is 0 Å². The van der Waals surface area contributed by atoms with Gasteiger partial charge in [-0.25, -0.2) is 0 Å². The second-order valence-corrected chi connectivity index (χ2v) is 7.07. The molecule has 4 nitrogen and oxygen atoms in total. The summed E-state index contributed by atoms with van der Waals surface area (Å²) in [6.45, 7) is 0.649. The van der Waals surface area contributed by atoms with Crippen molar-refractivity contribution in [3.05, 3.63) is 78.4 Å². The second-order valence-electron chi connectivity index (χ2n) is 7.07. The van der Waals surface area contributed by atoms with Crippen molar-refractivity contribution in [3.63, 3.8) is 0 Å². The van der Waals surface area contributed by atoms with Crippen LogP contribution < -0.4 is 15.0 Å². The average molecular weight is 363 g/mol. The molecule has 1 atom stereocenters. The monoisotopic (exact) mass is 363 g/mol. The number of carbonyl (C=O) groups excluding carboxylic acids is 1. The van der Waals surface area contributed by atoms with Gasteiger partial charge < -0.3 is 15.0 Å². The number of fused-ring (bicyclic) bond motifs is 1. The first kappa shape index (κ1) is 18.9. The number of ether oxygens (including phenoxy) is 1. The minimum atomic E-state index is -0.0949. The lowest BCUT2D eigenvalue weighted by molar-refractivity contribution is -0.884. The van der Waals surface area contributed by atoms with Gasteiger partial charge in [-0.1, -0.05) is 60.7 Å². The van der Waals surface area contributed by atoms with Crippen molar-refractivity contribution in [2.75, 3.05) is 27.2 Å². The van der Waals surface area contributed by atoms with Crippen LogP contribution in [-0.2, 0) is 11.2 Å². The molecule has 0 radical (unpaired) electrons. The molecule has 3 aromatic rings. The molecule has 2 N–H and O–H groups in total. The number of amides is 1. The summed E-state index contributed by atoms with van der Waals surface area (Å²) in [5.74, 6) is 0.616. The van der Waals surface area contributed by atoms with Gasteiger partial charge in [0.1, 0.15) is 11.8 Å². The molecule has 0 spiro atoms. The predicted molar refractivity (Wildman–Crippen MR) is 109 cm³/mol. The van der Waals surface area contributed by atoms with E-state index in [-0.39, 0.29) is 12.5 Å². The largest absolute Gasteiger partial charge is 0.484 e. The summed E-state index contributed by atoms with van der Waals surface area (Å²) >= 11 is 0. The SMILES string of the molecule is C[NH+](C)[C@H](CNC(=O)COc1ccc2ccccc2c1)Cc1ccccc1. The van der Waals surface area contributed by atoms with Crippen LogP contribution in [0.25, 0.3) is 10.8 Å². The van der Waals surface area contributed by atoms with Gasteiger partial charge >= 0.3 is 0 Å². The van der Waals surface area contributed by atoms with Crippen LogP contribution in [0.3, 0.4) is 0 Å². The summed E-state index contributed by atoms with van der Waals surface area (Å²) in [6, 6.07) is 24.7. The maximum atomic E-state index is 12.2. The number of hydrogen-bond acceptors (Lipinski definition) is 2. The highest BCUT2D eigenvalue weighted by Crippen LogP contribution is 2.20. The fraction of sp³-hybridized carbons (Fsp3) is 0.261. The number of carbonyl (C=O) groups is 1. The van der Waals surface area contributed by atoms with Crippen molar-refractivity contribution in [2.24, 2.45) is 0 Å². The first-order valence-corrected chi connectivity index (χ1v) is 9.34. The number of nitrogens with one attached hydrogen (secondary N) is 2. The number of quaternary nitrogens is 1. The molecule has 4 heteroatoms. The summed E-state index contributed by atoms with van der Waals surface area (Å²) in [5, 5.41) is 5.27. The van der Waals surface area contributed by atoms with Gasteiger partial charge in [0, 0.05) is 6.42 Å². The van der Waals surface area contributed by atoms with Crippen LogP contribution in [0.2, 0.25) is 0 Å². The average Bonchev–Trinajstić information content (AvgIpc) is 2.70. The maximum Gasteiger partial charge on any atom is 0.258 e. The third-order valence-corrected chi connectivity index (χ3v) is 4.78. The third kappa shape index (κ3) is 5.56. The highest BCUT2D eigenvalue weighted by Gasteiger charge is 2.17. The molecule has 0 saturated carbocycles. The van der Waals surface area contributed by atoms with Gasteiger partial charge in [-0.05, 0) is 28.5 Å². The maximum absolute atomic E-state index is 12.2. The van der Waals surface area contributed by atoms with E-state index in [1.165, 1.54) is 10.5 Å². The van der Waals surface area contributed by atoms with E-state index >= 15 is 0 Å². The summed E-state index contributed by atoms with van der Waals surface area (Å²) < 4.78 is 5.67. The highest BCUT2D eigenvalue weighted by molar-refractivity contribution is 5.84. The standard InChI is InChI=1S/C23H26N2O2/c1-25(2)21(14-18-8-4-3-5-9-18)16-24-23(26)17-27-22-13-12-19-10-6-7-11-20(19)15-22/h3-13,15,21H,14,16-17H2,1-2H3,(H,24,26)/p+1/t21-/m0/s1. The molecular weight excluding hydrogens is 336 g/mol. The zero-order valence-electron chi connectivity index (χ0n) is 15.9. The topological polar surface area (TPSA) is 42.8 Å². The van der Waals surface area contributed by atoms with Gasteiger partial charge in [-0.2, -0.15) is 0 Å². The van der Waals surface area contributed by atoms with Crippen LogP contribution in [0.5, 0.6) is 5.75 Å². The van der Waals surface area contributed by atoms with Crippen LogP contribution in [0.1, 0.15) is 5.56 Å². The Morgan fingerprint density at radius 2 is 1.67 bits per heavy atom. The Kier molecular flexibility index (Phi) is 6.44. The molecule has 0 saturated heterocycles. The van der Waals surface area contributed by atoms with Gasteiger partial charge in [0.05, 0.1) is 20.6 Å². The molecule has 1 amide bonds. The van der Waals surface area contributed by atoms with E-state index in [1.807, 2.05) is 54.6 Å². The van der Waals surface area contributed by atoms with Crippen molar-refractivity contribution >= 4 is 16.7 Å². The zero-order valence-corrected chi connectivity index (χ0v) is 15.9. The molecule has 3 aromatic carbocycles. The number of hydrogen-bond donors (Lipinski definition) is 2. The first-order chi connectivity index (χ1) is 13.1. The Morgan fingerprint density at radius 3 is 2.41 bits per heavy atom. The smallest absolute Gasteiger partial charge is 0.258 e. The number of likely N-dealkylation sites (N-methyl/N-ethyl adjacent to an activating group) is 1.